The van der Waals surface area contributed by atoms with Gasteiger partial charge in [0.15, 0.2) is 0 Å². The molecule has 0 radical (unpaired) electrons. The third kappa shape index (κ3) is 4.21. The number of rotatable bonds is 5. The summed E-state index contributed by atoms with van der Waals surface area (Å²) in [7, 11) is 0. The SMILES string of the molecule is Cc1cncc(CNc2ccccc2SC(F)F)c1. The molecule has 1 aromatic heterocycles. The lowest BCUT2D eigenvalue weighted by Gasteiger charge is -2.11. The molecule has 5 heteroatoms. The summed E-state index contributed by atoms with van der Waals surface area (Å²) in [6.07, 6.45) is 3.55. The summed E-state index contributed by atoms with van der Waals surface area (Å²) in [6, 6.07) is 9.08. The summed E-state index contributed by atoms with van der Waals surface area (Å²) >= 11 is 0.552. The Hall–Kier alpha value is -1.62. The molecule has 0 atom stereocenters. The lowest BCUT2D eigenvalue weighted by molar-refractivity contribution is 0.252. The second-order valence-corrected chi connectivity index (χ2v) is 5.13. The van der Waals surface area contributed by atoms with E-state index in [0.29, 0.717) is 28.9 Å². The van der Waals surface area contributed by atoms with Crippen molar-refractivity contribution in [2.24, 2.45) is 0 Å². The Morgan fingerprint density at radius 3 is 2.79 bits per heavy atom. The number of hydrogen-bond acceptors (Lipinski definition) is 3. The predicted octanol–water partition coefficient (Wildman–Crippen LogP) is 4.32. The first-order valence-corrected chi connectivity index (χ1v) is 6.71. The van der Waals surface area contributed by atoms with Gasteiger partial charge in [0, 0.05) is 29.5 Å². The van der Waals surface area contributed by atoms with Crippen molar-refractivity contribution in [1.29, 1.82) is 0 Å². The Labute approximate surface area is 115 Å². The van der Waals surface area contributed by atoms with Crippen LogP contribution in [-0.4, -0.2) is 10.7 Å². The van der Waals surface area contributed by atoms with Crippen LogP contribution in [0.15, 0.2) is 47.6 Å². The number of thioether (sulfide) groups is 1. The lowest BCUT2D eigenvalue weighted by Crippen LogP contribution is -2.01. The molecule has 0 spiro atoms. The number of aryl methyl sites for hydroxylation is 1. The van der Waals surface area contributed by atoms with E-state index in [1.807, 2.05) is 19.1 Å². The highest BCUT2D eigenvalue weighted by atomic mass is 32.2. The molecule has 1 aromatic carbocycles. The summed E-state index contributed by atoms with van der Waals surface area (Å²) in [6.45, 7) is 2.53. The summed E-state index contributed by atoms with van der Waals surface area (Å²) < 4.78 is 24.9. The van der Waals surface area contributed by atoms with Gasteiger partial charge < -0.3 is 5.32 Å². The van der Waals surface area contributed by atoms with Crippen molar-refractivity contribution in [3.63, 3.8) is 0 Å². The van der Waals surface area contributed by atoms with E-state index >= 15 is 0 Å². The Kier molecular flexibility index (Phi) is 4.74. The standard InChI is InChI=1S/C14H14F2N2S/c1-10-6-11(8-17-7-10)9-18-12-4-2-3-5-13(12)19-14(15)16/h2-8,14,18H,9H2,1H3. The zero-order chi connectivity index (χ0) is 13.7. The molecule has 0 aliphatic rings. The van der Waals surface area contributed by atoms with Gasteiger partial charge in [-0.25, -0.2) is 0 Å². The van der Waals surface area contributed by atoms with Gasteiger partial charge in [-0.15, -0.1) is 0 Å². The fourth-order valence-electron chi connectivity index (χ4n) is 1.72. The minimum Gasteiger partial charge on any atom is -0.380 e. The van der Waals surface area contributed by atoms with Crippen LogP contribution < -0.4 is 5.32 Å². The Balaban J connectivity index is 2.07. The third-order valence-corrected chi connectivity index (χ3v) is 3.31. The van der Waals surface area contributed by atoms with Gasteiger partial charge in [0.1, 0.15) is 0 Å². The number of aromatic nitrogens is 1. The van der Waals surface area contributed by atoms with Crippen LogP contribution >= 0.6 is 11.8 Å². The molecule has 0 aliphatic carbocycles. The maximum Gasteiger partial charge on any atom is 0.288 e. The molecule has 0 aliphatic heterocycles. The average molecular weight is 280 g/mol. The molecule has 0 bridgehead atoms. The normalized spacial score (nSPS) is 10.7. The number of nitrogens with zero attached hydrogens (tertiary/aromatic N) is 1. The molecule has 0 saturated heterocycles. The zero-order valence-corrected chi connectivity index (χ0v) is 11.3. The molecule has 0 fully saturated rings. The van der Waals surface area contributed by atoms with Crippen LogP contribution in [0.3, 0.4) is 0 Å². The number of hydrogen-bond donors (Lipinski definition) is 1. The minimum atomic E-state index is -2.41. The molecule has 100 valence electrons. The number of halogens is 2. The molecule has 0 saturated carbocycles. The second-order valence-electron chi connectivity index (χ2n) is 4.10. The average Bonchev–Trinajstić information content (AvgIpc) is 2.37. The van der Waals surface area contributed by atoms with Crippen molar-refractivity contribution in [3.05, 3.63) is 53.9 Å². The van der Waals surface area contributed by atoms with E-state index in [1.54, 1.807) is 30.6 Å². The first kappa shape index (κ1) is 13.8. The Bertz CT molecular complexity index is 546. The van der Waals surface area contributed by atoms with Crippen molar-refractivity contribution in [1.82, 2.24) is 4.98 Å². The molecule has 2 aromatic rings. The third-order valence-electron chi connectivity index (χ3n) is 2.52. The fourth-order valence-corrected chi connectivity index (χ4v) is 2.34. The van der Waals surface area contributed by atoms with E-state index in [0.717, 1.165) is 11.1 Å². The van der Waals surface area contributed by atoms with Gasteiger partial charge in [0.2, 0.25) is 0 Å². The molecule has 0 unspecified atom stereocenters. The van der Waals surface area contributed by atoms with E-state index < -0.39 is 5.76 Å². The molecule has 0 amide bonds. The quantitative estimate of drug-likeness (QED) is 0.826. The van der Waals surface area contributed by atoms with Crippen LogP contribution in [0.2, 0.25) is 0 Å². The van der Waals surface area contributed by atoms with E-state index in [9.17, 15) is 8.78 Å². The topological polar surface area (TPSA) is 24.9 Å². The molecule has 19 heavy (non-hydrogen) atoms. The monoisotopic (exact) mass is 280 g/mol. The van der Waals surface area contributed by atoms with Crippen LogP contribution in [0.4, 0.5) is 14.5 Å². The first-order chi connectivity index (χ1) is 9.15. The van der Waals surface area contributed by atoms with E-state index in [1.165, 1.54) is 0 Å². The Morgan fingerprint density at radius 2 is 2.05 bits per heavy atom. The number of para-hydroxylation sites is 1. The molecule has 1 N–H and O–H groups in total. The summed E-state index contributed by atoms with van der Waals surface area (Å²) in [5.74, 6) is -2.41. The Morgan fingerprint density at radius 1 is 1.26 bits per heavy atom. The smallest absolute Gasteiger partial charge is 0.288 e. The number of nitrogens with one attached hydrogen (secondary N) is 1. The fraction of sp³-hybridized carbons (Fsp3) is 0.214. The van der Waals surface area contributed by atoms with Crippen molar-refractivity contribution in [3.8, 4) is 0 Å². The van der Waals surface area contributed by atoms with Gasteiger partial charge in [-0.2, -0.15) is 8.78 Å². The lowest BCUT2D eigenvalue weighted by atomic mass is 10.2. The van der Waals surface area contributed by atoms with Crippen LogP contribution in [0.5, 0.6) is 0 Å². The number of alkyl halides is 2. The van der Waals surface area contributed by atoms with Crippen molar-refractivity contribution < 1.29 is 8.78 Å². The molecule has 2 rings (SSSR count). The van der Waals surface area contributed by atoms with Crippen LogP contribution in [0, 0.1) is 6.92 Å². The zero-order valence-electron chi connectivity index (χ0n) is 10.4. The van der Waals surface area contributed by atoms with Gasteiger partial charge in [-0.05, 0) is 30.2 Å². The van der Waals surface area contributed by atoms with Gasteiger partial charge in [0.05, 0.1) is 0 Å². The van der Waals surface area contributed by atoms with Gasteiger partial charge in [0.25, 0.3) is 5.76 Å². The molecular weight excluding hydrogens is 266 g/mol. The maximum absolute atomic E-state index is 12.4. The minimum absolute atomic E-state index is 0.552. The van der Waals surface area contributed by atoms with Crippen LogP contribution in [0.25, 0.3) is 0 Å². The summed E-state index contributed by atoms with van der Waals surface area (Å²) in [5, 5.41) is 3.17. The van der Waals surface area contributed by atoms with Crippen LogP contribution in [0.1, 0.15) is 11.1 Å². The largest absolute Gasteiger partial charge is 0.380 e. The van der Waals surface area contributed by atoms with Crippen LogP contribution in [-0.2, 0) is 6.54 Å². The van der Waals surface area contributed by atoms with Crippen molar-refractivity contribution in [2.45, 2.75) is 24.1 Å². The van der Waals surface area contributed by atoms with E-state index in [4.69, 9.17) is 0 Å². The summed E-state index contributed by atoms with van der Waals surface area (Å²) in [5.41, 5.74) is 2.82. The summed E-state index contributed by atoms with van der Waals surface area (Å²) in [4.78, 5) is 4.66. The molecular formula is C14H14F2N2S. The highest BCUT2D eigenvalue weighted by Crippen LogP contribution is 2.31. The van der Waals surface area contributed by atoms with E-state index in [2.05, 4.69) is 10.3 Å². The number of benzene rings is 1. The first-order valence-electron chi connectivity index (χ1n) is 5.83. The highest BCUT2D eigenvalue weighted by Gasteiger charge is 2.09. The number of anilines is 1. The highest BCUT2D eigenvalue weighted by molar-refractivity contribution is 7.99. The maximum atomic E-state index is 12.4. The van der Waals surface area contributed by atoms with Crippen molar-refractivity contribution >= 4 is 17.4 Å². The number of pyridine rings is 1. The van der Waals surface area contributed by atoms with Gasteiger partial charge >= 0.3 is 0 Å². The van der Waals surface area contributed by atoms with Gasteiger partial charge in [-0.3, -0.25) is 4.98 Å². The van der Waals surface area contributed by atoms with E-state index in [-0.39, 0.29) is 0 Å². The van der Waals surface area contributed by atoms with Gasteiger partial charge in [-0.1, -0.05) is 30.0 Å². The second kappa shape index (κ2) is 6.52. The predicted molar refractivity (Wildman–Crippen MR) is 74.6 cm³/mol. The van der Waals surface area contributed by atoms with Crippen molar-refractivity contribution in [2.75, 3.05) is 5.32 Å². The molecule has 1 heterocycles. The molecule has 2 nitrogen and oxygen atoms in total.